The van der Waals surface area contributed by atoms with Crippen LogP contribution in [0.5, 0.6) is 0 Å². The lowest BCUT2D eigenvalue weighted by Gasteiger charge is -2.32. The molecule has 0 bridgehead atoms. The molecule has 1 aliphatic heterocycles. The molecule has 5 heteroatoms. The van der Waals surface area contributed by atoms with Crippen molar-refractivity contribution in [3.63, 3.8) is 0 Å². The summed E-state index contributed by atoms with van der Waals surface area (Å²) >= 11 is 0. The zero-order chi connectivity index (χ0) is 12.8. The maximum Gasteiger partial charge on any atom is 0.228 e. The fourth-order valence-electron chi connectivity index (χ4n) is 2.07. The fourth-order valence-corrected chi connectivity index (χ4v) is 2.07. The molecule has 1 unspecified atom stereocenters. The number of carbonyl (C=O) groups is 1. The van der Waals surface area contributed by atoms with Crippen molar-refractivity contribution in [1.82, 2.24) is 15.2 Å². The second-order valence-electron chi connectivity index (χ2n) is 4.39. The Balaban J connectivity index is 1.88. The zero-order valence-electron chi connectivity index (χ0n) is 10.6. The van der Waals surface area contributed by atoms with Crippen molar-refractivity contribution < 1.29 is 9.53 Å². The third-order valence-corrected chi connectivity index (χ3v) is 2.98. The molecule has 0 saturated carbocycles. The fraction of sp³-hybridized carbons (Fsp3) is 0.538. The SMILES string of the molecule is CNCC1CN(C(=O)Cc2ccccn2)CCO1. The van der Waals surface area contributed by atoms with Gasteiger partial charge in [0.25, 0.3) is 0 Å². The predicted molar refractivity (Wildman–Crippen MR) is 68.2 cm³/mol. The monoisotopic (exact) mass is 249 g/mol. The number of ether oxygens (including phenoxy) is 1. The Bertz CT molecular complexity index is 381. The number of morpholine rings is 1. The first-order chi connectivity index (χ1) is 8.79. The van der Waals surface area contributed by atoms with E-state index in [0.29, 0.717) is 26.1 Å². The van der Waals surface area contributed by atoms with Crippen LogP contribution < -0.4 is 5.32 Å². The van der Waals surface area contributed by atoms with Crippen molar-refractivity contribution in [3.8, 4) is 0 Å². The van der Waals surface area contributed by atoms with Gasteiger partial charge in [-0.25, -0.2) is 0 Å². The third kappa shape index (κ3) is 3.51. The average Bonchev–Trinajstić information content (AvgIpc) is 2.40. The number of amides is 1. The van der Waals surface area contributed by atoms with Gasteiger partial charge in [-0.15, -0.1) is 0 Å². The number of aromatic nitrogens is 1. The Labute approximate surface area is 107 Å². The first kappa shape index (κ1) is 13.0. The first-order valence-electron chi connectivity index (χ1n) is 6.23. The van der Waals surface area contributed by atoms with E-state index in [-0.39, 0.29) is 12.0 Å². The standard InChI is InChI=1S/C13H19N3O2/c1-14-9-12-10-16(6-7-18-12)13(17)8-11-4-2-3-5-15-11/h2-5,12,14H,6-10H2,1H3. The molecular weight excluding hydrogens is 230 g/mol. The smallest absolute Gasteiger partial charge is 0.228 e. The van der Waals surface area contributed by atoms with Crippen LogP contribution in [0.3, 0.4) is 0 Å². The van der Waals surface area contributed by atoms with E-state index in [4.69, 9.17) is 4.74 Å². The van der Waals surface area contributed by atoms with Gasteiger partial charge in [0.05, 0.1) is 19.1 Å². The lowest BCUT2D eigenvalue weighted by atomic mass is 10.2. The number of carbonyl (C=O) groups excluding carboxylic acids is 1. The highest BCUT2D eigenvalue weighted by Crippen LogP contribution is 2.07. The number of nitrogens with zero attached hydrogens (tertiary/aromatic N) is 2. The molecule has 0 aliphatic carbocycles. The molecule has 1 amide bonds. The van der Waals surface area contributed by atoms with Crippen LogP contribution in [0, 0.1) is 0 Å². The van der Waals surface area contributed by atoms with Crippen molar-refractivity contribution in [1.29, 1.82) is 0 Å². The Kier molecular flexibility index (Phi) is 4.66. The number of hydrogen-bond donors (Lipinski definition) is 1. The number of hydrogen-bond acceptors (Lipinski definition) is 4. The summed E-state index contributed by atoms with van der Waals surface area (Å²) in [5, 5.41) is 3.07. The normalized spacial score (nSPS) is 19.8. The number of likely N-dealkylation sites (N-methyl/N-ethyl adjacent to an activating group) is 1. The lowest BCUT2D eigenvalue weighted by Crippen LogP contribution is -2.49. The second kappa shape index (κ2) is 6.47. The molecule has 1 N–H and O–H groups in total. The molecule has 0 radical (unpaired) electrons. The molecule has 2 heterocycles. The summed E-state index contributed by atoms with van der Waals surface area (Å²) in [4.78, 5) is 18.2. The molecule has 1 aliphatic rings. The van der Waals surface area contributed by atoms with Crippen LogP contribution in [-0.2, 0) is 16.0 Å². The summed E-state index contributed by atoms with van der Waals surface area (Å²) < 4.78 is 5.58. The maximum absolute atomic E-state index is 12.1. The predicted octanol–water partition coefficient (Wildman–Crippen LogP) is 0.0709. The van der Waals surface area contributed by atoms with Crippen LogP contribution >= 0.6 is 0 Å². The summed E-state index contributed by atoms with van der Waals surface area (Å²) in [6, 6.07) is 5.63. The molecule has 0 aromatic carbocycles. The van der Waals surface area contributed by atoms with E-state index in [9.17, 15) is 4.79 Å². The molecule has 98 valence electrons. The quantitative estimate of drug-likeness (QED) is 0.820. The van der Waals surface area contributed by atoms with Crippen molar-refractivity contribution in [2.24, 2.45) is 0 Å². The summed E-state index contributed by atoms with van der Waals surface area (Å²) in [5.41, 5.74) is 0.819. The Morgan fingerprint density at radius 1 is 1.61 bits per heavy atom. The Hall–Kier alpha value is -1.46. The van der Waals surface area contributed by atoms with Crippen LogP contribution in [0.2, 0.25) is 0 Å². The van der Waals surface area contributed by atoms with Gasteiger partial charge >= 0.3 is 0 Å². The molecule has 2 rings (SSSR count). The minimum absolute atomic E-state index is 0.0939. The molecule has 18 heavy (non-hydrogen) atoms. The van der Waals surface area contributed by atoms with Crippen LogP contribution in [0.25, 0.3) is 0 Å². The molecule has 1 saturated heterocycles. The summed E-state index contributed by atoms with van der Waals surface area (Å²) in [5.74, 6) is 0.123. The summed E-state index contributed by atoms with van der Waals surface area (Å²) in [7, 11) is 1.89. The van der Waals surface area contributed by atoms with E-state index in [0.717, 1.165) is 12.2 Å². The van der Waals surface area contributed by atoms with Gasteiger partial charge in [0.1, 0.15) is 0 Å². The van der Waals surface area contributed by atoms with Crippen LogP contribution in [0.1, 0.15) is 5.69 Å². The van der Waals surface area contributed by atoms with Gasteiger partial charge in [0.2, 0.25) is 5.91 Å². The lowest BCUT2D eigenvalue weighted by molar-refractivity contribution is -0.137. The van der Waals surface area contributed by atoms with E-state index in [1.54, 1.807) is 6.20 Å². The number of pyridine rings is 1. The highest BCUT2D eigenvalue weighted by Gasteiger charge is 2.23. The molecular formula is C13H19N3O2. The molecule has 1 aromatic rings. The van der Waals surface area contributed by atoms with E-state index in [2.05, 4.69) is 10.3 Å². The van der Waals surface area contributed by atoms with Gasteiger partial charge in [0, 0.05) is 31.5 Å². The Morgan fingerprint density at radius 2 is 2.50 bits per heavy atom. The van der Waals surface area contributed by atoms with E-state index in [1.165, 1.54) is 0 Å². The number of nitrogens with one attached hydrogen (secondary N) is 1. The van der Waals surface area contributed by atoms with Crippen molar-refractivity contribution >= 4 is 5.91 Å². The maximum atomic E-state index is 12.1. The van der Waals surface area contributed by atoms with Gasteiger partial charge in [-0.3, -0.25) is 9.78 Å². The molecule has 1 fully saturated rings. The summed E-state index contributed by atoms with van der Waals surface area (Å²) in [6.45, 7) is 2.71. The topological polar surface area (TPSA) is 54.5 Å². The highest BCUT2D eigenvalue weighted by molar-refractivity contribution is 5.78. The number of rotatable bonds is 4. The van der Waals surface area contributed by atoms with Gasteiger partial charge in [-0.1, -0.05) is 6.07 Å². The molecule has 1 atom stereocenters. The van der Waals surface area contributed by atoms with E-state index >= 15 is 0 Å². The van der Waals surface area contributed by atoms with E-state index in [1.807, 2.05) is 30.1 Å². The minimum Gasteiger partial charge on any atom is -0.373 e. The molecule has 5 nitrogen and oxygen atoms in total. The molecule has 0 spiro atoms. The highest BCUT2D eigenvalue weighted by atomic mass is 16.5. The van der Waals surface area contributed by atoms with Gasteiger partial charge < -0.3 is 15.0 Å². The Morgan fingerprint density at radius 3 is 3.22 bits per heavy atom. The second-order valence-corrected chi connectivity index (χ2v) is 4.39. The van der Waals surface area contributed by atoms with Gasteiger partial charge in [0.15, 0.2) is 0 Å². The van der Waals surface area contributed by atoms with E-state index < -0.39 is 0 Å². The first-order valence-corrected chi connectivity index (χ1v) is 6.23. The van der Waals surface area contributed by atoms with Crippen LogP contribution in [0.4, 0.5) is 0 Å². The van der Waals surface area contributed by atoms with Crippen LogP contribution in [0.15, 0.2) is 24.4 Å². The van der Waals surface area contributed by atoms with Gasteiger partial charge in [-0.2, -0.15) is 0 Å². The van der Waals surface area contributed by atoms with Crippen molar-refractivity contribution in [3.05, 3.63) is 30.1 Å². The largest absolute Gasteiger partial charge is 0.373 e. The third-order valence-electron chi connectivity index (χ3n) is 2.98. The summed E-state index contributed by atoms with van der Waals surface area (Å²) in [6.07, 6.45) is 2.18. The van der Waals surface area contributed by atoms with Crippen molar-refractivity contribution in [2.45, 2.75) is 12.5 Å². The average molecular weight is 249 g/mol. The molecule has 1 aromatic heterocycles. The minimum atomic E-state index is 0.0939. The van der Waals surface area contributed by atoms with Crippen molar-refractivity contribution in [2.75, 3.05) is 33.3 Å². The van der Waals surface area contributed by atoms with Crippen LogP contribution in [-0.4, -0.2) is 55.2 Å². The van der Waals surface area contributed by atoms with Gasteiger partial charge in [-0.05, 0) is 19.2 Å². The zero-order valence-corrected chi connectivity index (χ0v) is 10.6.